The number of hydrogen-bond acceptors (Lipinski definition) is 3. The highest BCUT2D eigenvalue weighted by Crippen LogP contribution is 2.33. The Kier molecular flexibility index (Phi) is 14.8. The van der Waals surface area contributed by atoms with Gasteiger partial charge in [0.1, 0.15) is 0 Å². The molecule has 4 nitrogen and oxygen atoms in total. The zero-order valence-corrected chi connectivity index (χ0v) is 16.8. The Morgan fingerprint density at radius 3 is 1.83 bits per heavy atom. The number of carbonyl (C=O) groups is 1. The fourth-order valence-electron chi connectivity index (χ4n) is 2.99. The summed E-state index contributed by atoms with van der Waals surface area (Å²) < 4.78 is 6.20. The Morgan fingerprint density at radius 2 is 1.48 bits per heavy atom. The van der Waals surface area contributed by atoms with Crippen LogP contribution in [0.3, 0.4) is 0 Å². The van der Waals surface area contributed by atoms with Crippen LogP contribution in [0.1, 0.15) is 87.0 Å². The van der Waals surface area contributed by atoms with Crippen LogP contribution >= 0.6 is 0 Å². The van der Waals surface area contributed by atoms with Crippen molar-refractivity contribution >= 4 is 5.91 Å². The van der Waals surface area contributed by atoms with E-state index in [1.807, 2.05) is 20.8 Å². The third-order valence-electron chi connectivity index (χ3n) is 5.05. The van der Waals surface area contributed by atoms with E-state index in [-0.39, 0.29) is 16.9 Å². The molecule has 3 N–H and O–H groups in total. The molecule has 0 aliphatic rings. The molecule has 0 aromatic heterocycles. The first-order chi connectivity index (χ1) is 11.0. The highest BCUT2D eigenvalue weighted by molar-refractivity contribution is 5.82. The van der Waals surface area contributed by atoms with Gasteiger partial charge in [-0.1, -0.05) is 41.5 Å². The molecule has 0 aliphatic heterocycles. The smallest absolute Gasteiger partial charge is 0.226 e. The Labute approximate surface area is 144 Å². The fourth-order valence-corrected chi connectivity index (χ4v) is 2.99. The largest absolute Gasteiger partial charge is 0.375 e. The molecule has 0 saturated heterocycles. The average molecular weight is 331 g/mol. The summed E-state index contributed by atoms with van der Waals surface area (Å²) in [5.74, 6) is 0.163. The van der Waals surface area contributed by atoms with Gasteiger partial charge in [-0.15, -0.1) is 0 Å². The molecular weight excluding hydrogens is 288 g/mol. The summed E-state index contributed by atoms with van der Waals surface area (Å²) in [6.45, 7) is 16.4. The molecule has 0 atom stereocenters. The molecule has 23 heavy (non-hydrogen) atoms. The van der Waals surface area contributed by atoms with E-state index in [9.17, 15) is 4.79 Å². The average Bonchev–Trinajstić information content (AvgIpc) is 2.60. The van der Waals surface area contributed by atoms with Gasteiger partial charge in [0.25, 0.3) is 0 Å². The van der Waals surface area contributed by atoms with Gasteiger partial charge in [-0.05, 0) is 52.0 Å². The summed E-state index contributed by atoms with van der Waals surface area (Å²) >= 11 is 0. The number of nitrogens with two attached hydrogens (primary N) is 1. The zero-order chi connectivity index (χ0) is 18.4. The Bertz CT molecular complexity index is 285. The molecule has 0 rings (SSSR count). The van der Waals surface area contributed by atoms with Crippen molar-refractivity contribution in [3.8, 4) is 0 Å². The van der Waals surface area contributed by atoms with Crippen molar-refractivity contribution in [3.63, 3.8) is 0 Å². The third-order valence-corrected chi connectivity index (χ3v) is 5.05. The number of hydrogen-bond donors (Lipinski definition) is 2. The third kappa shape index (κ3) is 7.67. The number of amides is 1. The van der Waals surface area contributed by atoms with Crippen LogP contribution in [0.2, 0.25) is 0 Å². The van der Waals surface area contributed by atoms with Gasteiger partial charge in [-0.2, -0.15) is 0 Å². The lowest BCUT2D eigenvalue weighted by atomic mass is 9.78. The van der Waals surface area contributed by atoms with Crippen LogP contribution in [0.25, 0.3) is 0 Å². The normalized spacial score (nSPS) is 11.7. The molecule has 1 amide bonds. The molecule has 4 heteroatoms. The maximum Gasteiger partial charge on any atom is 0.226 e. The quantitative estimate of drug-likeness (QED) is 0.561. The van der Waals surface area contributed by atoms with Crippen LogP contribution in [0, 0.1) is 5.41 Å². The first kappa shape index (κ1) is 24.6. The summed E-state index contributed by atoms with van der Waals surface area (Å²) in [5.41, 5.74) is 5.30. The van der Waals surface area contributed by atoms with E-state index >= 15 is 0 Å². The second kappa shape index (κ2) is 13.8. The molecular formula is C19H42N2O2. The van der Waals surface area contributed by atoms with Crippen LogP contribution in [-0.2, 0) is 9.53 Å². The minimum absolute atomic E-state index is 0.122. The highest BCUT2D eigenvalue weighted by atomic mass is 16.5. The van der Waals surface area contributed by atoms with Crippen molar-refractivity contribution in [1.82, 2.24) is 5.32 Å². The van der Waals surface area contributed by atoms with E-state index in [0.717, 1.165) is 38.5 Å². The van der Waals surface area contributed by atoms with Crippen LogP contribution in [-0.4, -0.2) is 31.2 Å². The maximum atomic E-state index is 12.4. The fraction of sp³-hybridized carbons (Fsp3) is 0.947. The Balaban J connectivity index is 0. The lowest BCUT2D eigenvalue weighted by molar-refractivity contribution is -0.134. The van der Waals surface area contributed by atoms with Gasteiger partial charge in [0, 0.05) is 13.2 Å². The molecule has 0 unspecified atom stereocenters. The maximum absolute atomic E-state index is 12.4. The molecule has 0 aromatic rings. The summed E-state index contributed by atoms with van der Waals surface area (Å²) in [5, 5.41) is 2.97. The first-order valence-electron chi connectivity index (χ1n) is 9.62. The van der Waals surface area contributed by atoms with Gasteiger partial charge < -0.3 is 15.8 Å². The lowest BCUT2D eigenvalue weighted by Crippen LogP contribution is -2.42. The molecule has 0 aliphatic carbocycles. The lowest BCUT2D eigenvalue weighted by Gasteiger charge is -2.35. The first-order valence-corrected chi connectivity index (χ1v) is 9.62. The van der Waals surface area contributed by atoms with Crippen molar-refractivity contribution in [1.29, 1.82) is 0 Å². The second-order valence-electron chi connectivity index (χ2n) is 5.87. The predicted octanol–water partition coefficient (Wildman–Crippen LogP) is 4.27. The molecule has 0 fully saturated rings. The molecule has 0 spiro atoms. The number of nitrogens with one attached hydrogen (secondary N) is 1. The topological polar surface area (TPSA) is 64.3 Å². The predicted molar refractivity (Wildman–Crippen MR) is 101 cm³/mol. The van der Waals surface area contributed by atoms with E-state index in [1.54, 1.807) is 0 Å². The number of ether oxygens (including phenoxy) is 1. The van der Waals surface area contributed by atoms with Crippen molar-refractivity contribution in [3.05, 3.63) is 0 Å². The monoisotopic (exact) mass is 330 g/mol. The minimum atomic E-state index is -0.300. The summed E-state index contributed by atoms with van der Waals surface area (Å²) in [7, 11) is 0. The van der Waals surface area contributed by atoms with Crippen LogP contribution in [0.5, 0.6) is 0 Å². The van der Waals surface area contributed by atoms with Gasteiger partial charge >= 0.3 is 0 Å². The van der Waals surface area contributed by atoms with Gasteiger partial charge in [-0.25, -0.2) is 0 Å². The van der Waals surface area contributed by atoms with E-state index in [2.05, 4.69) is 33.0 Å². The second-order valence-corrected chi connectivity index (χ2v) is 5.87. The van der Waals surface area contributed by atoms with Gasteiger partial charge in [-0.3, -0.25) is 4.79 Å². The molecule has 0 bridgehead atoms. The Hall–Kier alpha value is -0.610. The van der Waals surface area contributed by atoms with Crippen molar-refractivity contribution < 1.29 is 9.53 Å². The van der Waals surface area contributed by atoms with E-state index < -0.39 is 0 Å². The highest BCUT2D eigenvalue weighted by Gasteiger charge is 2.35. The van der Waals surface area contributed by atoms with Crippen LogP contribution in [0.15, 0.2) is 0 Å². The Morgan fingerprint density at radius 1 is 0.957 bits per heavy atom. The summed E-state index contributed by atoms with van der Waals surface area (Å²) in [6.07, 6.45) is 5.28. The molecule has 0 aromatic carbocycles. The minimum Gasteiger partial charge on any atom is -0.375 e. The summed E-state index contributed by atoms with van der Waals surface area (Å²) in [4.78, 5) is 12.4. The van der Waals surface area contributed by atoms with E-state index in [1.165, 1.54) is 0 Å². The SMILES string of the molecule is CC.CCNC(=O)C(CC)(CC)CCOC(CC)(CC)CCN. The number of carbonyl (C=O) groups excluding carboxylic acids is 1. The molecule has 0 saturated carbocycles. The van der Waals surface area contributed by atoms with Crippen LogP contribution in [0.4, 0.5) is 0 Å². The standard InChI is InChI=1S/C17H36N2O2.C2H6/c1-6-16(7-2,15(20)19-10-5)12-14-21-17(8-3,9-4)11-13-18;1-2/h6-14,18H2,1-5H3,(H,19,20);1-2H3. The summed E-state index contributed by atoms with van der Waals surface area (Å²) in [6, 6.07) is 0. The van der Waals surface area contributed by atoms with Gasteiger partial charge in [0.05, 0.1) is 11.0 Å². The number of rotatable bonds is 12. The zero-order valence-electron chi connectivity index (χ0n) is 16.8. The molecule has 0 radical (unpaired) electrons. The van der Waals surface area contributed by atoms with E-state index in [4.69, 9.17) is 10.5 Å². The van der Waals surface area contributed by atoms with Gasteiger partial charge in [0.2, 0.25) is 5.91 Å². The van der Waals surface area contributed by atoms with Crippen LogP contribution < -0.4 is 11.1 Å². The van der Waals surface area contributed by atoms with E-state index in [0.29, 0.717) is 19.7 Å². The van der Waals surface area contributed by atoms with Gasteiger partial charge in [0.15, 0.2) is 0 Å². The molecule has 0 heterocycles. The van der Waals surface area contributed by atoms with Crippen molar-refractivity contribution in [2.24, 2.45) is 11.1 Å². The van der Waals surface area contributed by atoms with Crippen molar-refractivity contribution in [2.75, 3.05) is 19.7 Å². The van der Waals surface area contributed by atoms with Crippen molar-refractivity contribution in [2.45, 2.75) is 92.6 Å². The molecule has 140 valence electrons.